The van der Waals surface area contributed by atoms with Gasteiger partial charge in [-0.1, -0.05) is 66.8 Å². The Kier molecular flexibility index (Phi) is 112000. The normalized spacial score (nSPS) is 0. The van der Waals surface area contributed by atoms with Crippen LogP contribution in [-0.2, 0) is 0 Å². The molecule has 2 heteroatoms. The van der Waals surface area contributed by atoms with Crippen molar-refractivity contribution in [2.24, 2.45) is 0 Å². The van der Waals surface area contributed by atoms with Crippen molar-refractivity contribution in [3.63, 3.8) is 0 Å². The zero-order valence-electron chi connectivity index (χ0n) is 0.908. The van der Waals surface area contributed by atoms with E-state index < -0.39 is 0 Å². The van der Waals surface area contributed by atoms with Crippen LogP contribution in [0, 0.1) is 0 Å². The van der Waals surface area contributed by atoms with Gasteiger partial charge in [-0.15, -0.1) is 24.0 Å². The van der Waals surface area contributed by atoms with Gasteiger partial charge in [0.1, 0.15) is 0 Å². The van der Waals surface area contributed by atoms with Gasteiger partial charge in [-0.25, -0.2) is 0 Å². The van der Waals surface area contributed by atoms with E-state index in [4.69, 9.17) is 0 Å². The van der Waals surface area contributed by atoms with Crippen LogP contribution < -0.4 is 0 Å². The predicted molar refractivity (Wildman–Crippen MR) is 86.4 cm³/mol. The monoisotopic (exact) mass is 306 g/mol. The molecule has 88 valence electrons. The molecule has 0 aromatic heterocycles. The Balaban J connectivity index is 0. The average Bonchev–Trinajstić information content (AvgIpc) is 0. The van der Waals surface area contributed by atoms with E-state index in [-0.39, 0.29) is 104 Å². The first-order chi connectivity index (χ1) is 0. The SMILES string of the molecule is C.C.C.C.C.C.C.C.C.I.S. The second-order valence-electron chi connectivity index (χ2n) is 0. The van der Waals surface area contributed by atoms with Crippen molar-refractivity contribution in [3.05, 3.63) is 0 Å². The fraction of sp³-hybridized carbons (Fsp3) is 1.00. The molecule has 0 aromatic rings. The van der Waals surface area contributed by atoms with E-state index in [0.29, 0.717) is 0 Å². The fourth-order valence-electron chi connectivity index (χ4n) is 0. The molecule has 0 amide bonds. The molecule has 0 N–H and O–H groups in total. The highest BCUT2D eigenvalue weighted by molar-refractivity contribution is 14.0. The first kappa shape index (κ1) is 1270. The highest BCUT2D eigenvalue weighted by atomic mass is 127. The van der Waals surface area contributed by atoms with Gasteiger partial charge in [-0.3, -0.25) is 0 Å². The van der Waals surface area contributed by atoms with Crippen molar-refractivity contribution in [1.82, 2.24) is 0 Å². The molecular weight excluding hydrogens is 267 g/mol. The molecule has 0 aliphatic heterocycles. The average molecular weight is 306 g/mol. The topological polar surface area (TPSA) is 0 Å². The van der Waals surface area contributed by atoms with Crippen molar-refractivity contribution >= 4 is 37.5 Å². The summed E-state index contributed by atoms with van der Waals surface area (Å²) in [6.45, 7) is 0. The Labute approximate surface area is 104 Å². The summed E-state index contributed by atoms with van der Waals surface area (Å²) in [4.78, 5) is 0. The molecule has 0 aliphatic rings. The summed E-state index contributed by atoms with van der Waals surface area (Å²) in [5.74, 6) is 0. The summed E-state index contributed by atoms with van der Waals surface area (Å²) in [5.41, 5.74) is 0. The lowest BCUT2D eigenvalue weighted by Crippen LogP contribution is 0.143. The van der Waals surface area contributed by atoms with Gasteiger partial charge in [0.25, 0.3) is 0 Å². The van der Waals surface area contributed by atoms with Crippen LogP contribution in [-0.4, -0.2) is 0 Å². The van der Waals surface area contributed by atoms with Crippen molar-refractivity contribution in [3.8, 4) is 0 Å². The smallest absolute Gasteiger partial charge is 0.0776 e. The molecule has 0 aromatic carbocycles. The first-order valence-corrected chi connectivity index (χ1v) is 0. The Morgan fingerprint density at radius 2 is 0.273 bits per heavy atom. The first-order valence-electron chi connectivity index (χ1n) is 0. The Morgan fingerprint density at radius 1 is 0.273 bits per heavy atom. The van der Waals surface area contributed by atoms with Crippen LogP contribution in [0.2, 0.25) is 0 Å². The van der Waals surface area contributed by atoms with Crippen LogP contribution >= 0.6 is 37.5 Å². The summed E-state index contributed by atoms with van der Waals surface area (Å²) < 4.78 is 0. The van der Waals surface area contributed by atoms with E-state index in [1.807, 2.05) is 0 Å². The summed E-state index contributed by atoms with van der Waals surface area (Å²) >= 11 is 0. The molecule has 0 atom stereocenters. The van der Waals surface area contributed by atoms with E-state index in [1.165, 1.54) is 0 Å². The third kappa shape index (κ3) is 783. The Bertz CT molecular complexity index is 9.52. The van der Waals surface area contributed by atoms with Crippen molar-refractivity contribution < 1.29 is 0 Å². The van der Waals surface area contributed by atoms with Gasteiger partial charge in [0.2, 0.25) is 0 Å². The van der Waals surface area contributed by atoms with Gasteiger partial charge in [-0.2, -0.15) is 13.5 Å². The van der Waals surface area contributed by atoms with Gasteiger partial charge < -0.3 is 0 Å². The molecule has 11 heavy (non-hydrogen) atoms. The van der Waals surface area contributed by atoms with Crippen molar-refractivity contribution in [2.75, 3.05) is 0 Å². The van der Waals surface area contributed by atoms with E-state index in [0.717, 1.165) is 0 Å². The van der Waals surface area contributed by atoms with E-state index in [9.17, 15) is 0 Å². The molecule has 0 bridgehead atoms. The maximum Gasteiger partial charge on any atom is -0.0776 e. The Hall–Kier alpha value is 1.08. The van der Waals surface area contributed by atoms with Crippen LogP contribution in [0.4, 0.5) is 0 Å². The summed E-state index contributed by atoms with van der Waals surface area (Å²) in [5, 5.41) is 0. The maximum atomic E-state index is 0. The minimum absolute atomic E-state index is 0. The standard InChI is InChI=1S/9CH4.HI.H2S/h9*1H4;1H;1H2. The van der Waals surface area contributed by atoms with Gasteiger partial charge in [0.05, 0.1) is 0 Å². The lowest BCUT2D eigenvalue weighted by atomic mass is 12.0. The van der Waals surface area contributed by atoms with Crippen LogP contribution in [0.1, 0.15) is 66.8 Å². The predicted octanol–water partition coefficient (Wildman–Crippen LogP) is 6.46. The molecular formula is C9H39IS. The molecule has 0 heterocycles. The lowest BCUT2D eigenvalue weighted by molar-refractivity contribution is 2.50. The second kappa shape index (κ2) is 965. The minimum Gasteiger partial charge on any atom is -0.197 e. The molecule has 0 saturated carbocycles. The summed E-state index contributed by atoms with van der Waals surface area (Å²) in [7, 11) is 0. The summed E-state index contributed by atoms with van der Waals surface area (Å²) in [6, 6.07) is 0. The molecule has 0 aliphatic carbocycles. The molecule has 0 spiro atoms. The lowest BCUT2D eigenvalue weighted by Gasteiger charge is -0.197. The van der Waals surface area contributed by atoms with Crippen molar-refractivity contribution in [1.29, 1.82) is 0 Å². The van der Waals surface area contributed by atoms with Gasteiger partial charge in [0, 0.05) is 0 Å². The molecule has 0 fully saturated rings. The van der Waals surface area contributed by atoms with E-state index >= 15 is 0 Å². The molecule has 0 unspecified atom stereocenters. The van der Waals surface area contributed by atoms with Crippen LogP contribution in [0.25, 0.3) is 0 Å². The Morgan fingerprint density at radius 3 is 0.273 bits per heavy atom. The van der Waals surface area contributed by atoms with Gasteiger partial charge >= 0.3 is 0 Å². The number of hydrogen-bond donors (Lipinski definition) is 0. The number of rotatable bonds is 0. The molecule has 0 rings (SSSR count). The third-order valence-corrected chi connectivity index (χ3v) is 0. The summed E-state index contributed by atoms with van der Waals surface area (Å²) in [6.07, 6.45) is 0. The second-order valence-corrected chi connectivity index (χ2v) is 0. The fourth-order valence-corrected chi connectivity index (χ4v) is 0. The molecule has 0 saturated heterocycles. The van der Waals surface area contributed by atoms with Crippen LogP contribution in [0.3, 0.4) is 0 Å². The van der Waals surface area contributed by atoms with Gasteiger partial charge in [-0.05, 0) is 0 Å². The van der Waals surface area contributed by atoms with Crippen LogP contribution in [0.5, 0.6) is 0 Å². The largest absolute Gasteiger partial charge is 0.197 e. The number of halogens is 1. The van der Waals surface area contributed by atoms with Crippen molar-refractivity contribution in [2.45, 2.75) is 66.8 Å². The molecule has 0 radical (unpaired) electrons. The maximum absolute atomic E-state index is 0. The van der Waals surface area contributed by atoms with Crippen LogP contribution in [0.15, 0.2) is 0 Å². The van der Waals surface area contributed by atoms with Gasteiger partial charge in [0.15, 0.2) is 0 Å². The zero-order valence-corrected chi connectivity index (χ0v) is 4.24. The molecule has 0 nitrogen and oxygen atoms in total. The number of hydrogen-bond acceptors (Lipinski definition) is 0. The zero-order chi connectivity index (χ0) is 0. The van der Waals surface area contributed by atoms with E-state index in [1.54, 1.807) is 0 Å². The highest BCUT2D eigenvalue weighted by Gasteiger charge is -0.0692. The third-order valence-electron chi connectivity index (χ3n) is 0. The quantitative estimate of drug-likeness (QED) is 0.451. The highest BCUT2D eigenvalue weighted by Crippen LogP contribution is 0.886. The minimum atomic E-state index is 0. The van der Waals surface area contributed by atoms with E-state index in [2.05, 4.69) is 0 Å².